The summed E-state index contributed by atoms with van der Waals surface area (Å²) in [4.78, 5) is 32.1. The van der Waals surface area contributed by atoms with E-state index in [1.807, 2.05) is 6.92 Å². The molecule has 0 aromatic rings. The first-order chi connectivity index (χ1) is 8.62. The maximum atomic E-state index is 11.1. The SMILES string of the molecule is CCCC(C)(C)OOC(C(=O)O)=C(C(=O)O)C(C)C. The van der Waals surface area contributed by atoms with E-state index in [0.717, 1.165) is 6.42 Å². The minimum Gasteiger partial charge on any atom is -0.478 e. The highest BCUT2D eigenvalue weighted by Crippen LogP contribution is 2.22. The van der Waals surface area contributed by atoms with Crippen molar-refractivity contribution in [1.29, 1.82) is 0 Å². The van der Waals surface area contributed by atoms with Gasteiger partial charge in [-0.3, -0.25) is 0 Å². The van der Waals surface area contributed by atoms with Gasteiger partial charge < -0.3 is 15.1 Å². The minimum absolute atomic E-state index is 0.320. The lowest BCUT2D eigenvalue weighted by Crippen LogP contribution is -2.27. The third kappa shape index (κ3) is 5.74. The molecule has 0 rings (SSSR count). The molecule has 0 aromatic heterocycles. The van der Waals surface area contributed by atoms with E-state index >= 15 is 0 Å². The molecule has 0 saturated carbocycles. The first kappa shape index (κ1) is 17.4. The fourth-order valence-electron chi connectivity index (χ4n) is 1.60. The number of carboxylic acid groups (broad SMARTS) is 2. The van der Waals surface area contributed by atoms with Gasteiger partial charge in [-0.1, -0.05) is 27.2 Å². The van der Waals surface area contributed by atoms with Gasteiger partial charge in [-0.05, 0) is 26.2 Å². The Bertz CT molecular complexity index is 367. The Balaban J connectivity index is 5.19. The summed E-state index contributed by atoms with van der Waals surface area (Å²) < 4.78 is 0. The van der Waals surface area contributed by atoms with Crippen molar-refractivity contribution in [3.63, 3.8) is 0 Å². The Labute approximate surface area is 112 Å². The fourth-order valence-corrected chi connectivity index (χ4v) is 1.60. The van der Waals surface area contributed by atoms with Crippen LogP contribution < -0.4 is 0 Å². The molecule has 0 spiro atoms. The molecule has 19 heavy (non-hydrogen) atoms. The Hall–Kier alpha value is -1.56. The molecule has 0 aliphatic carbocycles. The molecular weight excluding hydrogens is 252 g/mol. The van der Waals surface area contributed by atoms with Crippen molar-refractivity contribution in [3.8, 4) is 0 Å². The standard InChI is InChI=1S/C13H22O6/c1-6-7-13(4,5)19-18-10(12(16)17)9(8(2)3)11(14)15/h8H,6-7H2,1-5H3,(H,14,15)(H,16,17). The molecule has 0 aliphatic heterocycles. The van der Waals surface area contributed by atoms with Crippen LogP contribution in [-0.2, 0) is 19.4 Å². The van der Waals surface area contributed by atoms with Gasteiger partial charge in [-0.2, -0.15) is 4.89 Å². The summed E-state index contributed by atoms with van der Waals surface area (Å²) in [5.74, 6) is -3.96. The summed E-state index contributed by atoms with van der Waals surface area (Å²) in [7, 11) is 0. The predicted octanol–water partition coefficient (Wildman–Crippen LogP) is 2.59. The van der Waals surface area contributed by atoms with Crippen molar-refractivity contribution in [2.45, 2.75) is 53.1 Å². The van der Waals surface area contributed by atoms with E-state index in [4.69, 9.17) is 20.0 Å². The molecule has 0 aliphatic rings. The molecule has 0 saturated heterocycles. The van der Waals surface area contributed by atoms with Crippen molar-refractivity contribution in [2.75, 3.05) is 0 Å². The number of carboxylic acids is 2. The van der Waals surface area contributed by atoms with Crippen LogP contribution in [0.4, 0.5) is 0 Å². The first-order valence-corrected chi connectivity index (χ1v) is 6.18. The van der Waals surface area contributed by atoms with Crippen LogP contribution in [0.3, 0.4) is 0 Å². The van der Waals surface area contributed by atoms with Crippen molar-refractivity contribution in [1.82, 2.24) is 0 Å². The average Bonchev–Trinajstić information content (AvgIpc) is 2.21. The average molecular weight is 274 g/mol. The van der Waals surface area contributed by atoms with Crippen LogP contribution in [0.25, 0.3) is 0 Å². The van der Waals surface area contributed by atoms with E-state index in [1.165, 1.54) is 0 Å². The molecule has 2 N–H and O–H groups in total. The lowest BCUT2D eigenvalue weighted by Gasteiger charge is -2.23. The second kappa shape index (κ2) is 7.13. The Morgan fingerprint density at radius 1 is 1.16 bits per heavy atom. The summed E-state index contributed by atoms with van der Waals surface area (Å²) in [6, 6.07) is 0. The van der Waals surface area contributed by atoms with E-state index in [1.54, 1.807) is 27.7 Å². The Morgan fingerprint density at radius 3 is 2.00 bits per heavy atom. The molecule has 0 atom stereocenters. The number of aliphatic carboxylic acids is 2. The molecule has 6 heteroatoms. The summed E-state index contributed by atoms with van der Waals surface area (Å²) in [6.07, 6.45) is 1.49. The smallest absolute Gasteiger partial charge is 0.375 e. The molecule has 0 bridgehead atoms. The molecule has 6 nitrogen and oxygen atoms in total. The minimum atomic E-state index is -1.46. The van der Waals surface area contributed by atoms with Gasteiger partial charge in [0, 0.05) is 0 Å². The van der Waals surface area contributed by atoms with E-state index in [0.29, 0.717) is 6.42 Å². The van der Waals surface area contributed by atoms with Crippen LogP contribution in [0.2, 0.25) is 0 Å². The molecule has 0 aromatic carbocycles. The van der Waals surface area contributed by atoms with E-state index in [2.05, 4.69) is 0 Å². The zero-order valence-electron chi connectivity index (χ0n) is 12.0. The van der Waals surface area contributed by atoms with Gasteiger partial charge in [0.1, 0.15) is 5.60 Å². The topological polar surface area (TPSA) is 93.1 Å². The number of carbonyl (C=O) groups is 2. The van der Waals surface area contributed by atoms with Gasteiger partial charge in [-0.25, -0.2) is 9.59 Å². The summed E-state index contributed by atoms with van der Waals surface area (Å²) in [6.45, 7) is 8.59. The van der Waals surface area contributed by atoms with Crippen LogP contribution in [0.5, 0.6) is 0 Å². The van der Waals surface area contributed by atoms with Crippen LogP contribution in [0, 0.1) is 5.92 Å². The van der Waals surface area contributed by atoms with Crippen LogP contribution in [-0.4, -0.2) is 27.8 Å². The van der Waals surface area contributed by atoms with Crippen molar-refractivity contribution >= 4 is 11.9 Å². The number of hydrogen-bond acceptors (Lipinski definition) is 4. The van der Waals surface area contributed by atoms with E-state index in [9.17, 15) is 9.59 Å². The second-order valence-corrected chi connectivity index (χ2v) is 5.18. The number of rotatable bonds is 8. The molecule has 0 amide bonds. The number of hydrogen-bond donors (Lipinski definition) is 2. The van der Waals surface area contributed by atoms with Crippen LogP contribution in [0.1, 0.15) is 47.5 Å². The summed E-state index contributed by atoms with van der Waals surface area (Å²) >= 11 is 0. The monoisotopic (exact) mass is 274 g/mol. The van der Waals surface area contributed by atoms with E-state index < -0.39 is 29.2 Å². The van der Waals surface area contributed by atoms with Gasteiger partial charge in [0.2, 0.25) is 0 Å². The largest absolute Gasteiger partial charge is 0.478 e. The lowest BCUT2D eigenvalue weighted by atomic mass is 10.0. The van der Waals surface area contributed by atoms with E-state index in [-0.39, 0.29) is 5.57 Å². The maximum absolute atomic E-state index is 11.1. The molecule has 110 valence electrons. The first-order valence-electron chi connectivity index (χ1n) is 6.18. The van der Waals surface area contributed by atoms with Crippen LogP contribution >= 0.6 is 0 Å². The zero-order valence-corrected chi connectivity index (χ0v) is 12.0. The van der Waals surface area contributed by atoms with Crippen LogP contribution in [0.15, 0.2) is 11.3 Å². The normalized spacial score (nSPS) is 13.2. The predicted molar refractivity (Wildman–Crippen MR) is 68.3 cm³/mol. The van der Waals surface area contributed by atoms with Gasteiger partial charge in [0.15, 0.2) is 0 Å². The van der Waals surface area contributed by atoms with Gasteiger partial charge in [-0.15, -0.1) is 0 Å². The maximum Gasteiger partial charge on any atom is 0.375 e. The molecular formula is C13H22O6. The van der Waals surface area contributed by atoms with Gasteiger partial charge in [0.25, 0.3) is 5.76 Å². The third-order valence-corrected chi connectivity index (χ3v) is 2.45. The van der Waals surface area contributed by atoms with Gasteiger partial charge >= 0.3 is 11.9 Å². The highest BCUT2D eigenvalue weighted by molar-refractivity contribution is 5.97. The quantitative estimate of drug-likeness (QED) is 0.306. The molecule has 0 heterocycles. The summed E-state index contributed by atoms with van der Waals surface area (Å²) in [5.41, 5.74) is -1.00. The van der Waals surface area contributed by atoms with Crippen molar-refractivity contribution in [2.24, 2.45) is 5.92 Å². The fraction of sp³-hybridized carbons (Fsp3) is 0.692. The Morgan fingerprint density at radius 2 is 1.68 bits per heavy atom. The molecule has 0 unspecified atom stereocenters. The van der Waals surface area contributed by atoms with Crippen molar-refractivity contribution in [3.05, 3.63) is 11.3 Å². The highest BCUT2D eigenvalue weighted by atomic mass is 17.2. The zero-order chi connectivity index (χ0) is 15.2. The third-order valence-electron chi connectivity index (χ3n) is 2.45. The molecule has 0 radical (unpaired) electrons. The Kier molecular flexibility index (Phi) is 6.55. The van der Waals surface area contributed by atoms with Gasteiger partial charge in [0.05, 0.1) is 5.57 Å². The highest BCUT2D eigenvalue weighted by Gasteiger charge is 2.28. The lowest BCUT2D eigenvalue weighted by molar-refractivity contribution is -0.327. The summed E-state index contributed by atoms with van der Waals surface area (Å²) in [5, 5.41) is 18.1. The van der Waals surface area contributed by atoms with Crippen molar-refractivity contribution < 1.29 is 29.6 Å². The molecule has 0 fully saturated rings. The second-order valence-electron chi connectivity index (χ2n) is 5.18.